The van der Waals surface area contributed by atoms with E-state index in [-0.39, 0.29) is 6.10 Å². The van der Waals surface area contributed by atoms with Crippen LogP contribution in [0.25, 0.3) is 0 Å². The maximum Gasteiger partial charge on any atom is 0.160 e. The van der Waals surface area contributed by atoms with Gasteiger partial charge in [0.25, 0.3) is 0 Å². The molecule has 2 rings (SSSR count). The molecule has 0 bridgehead atoms. The molecule has 1 aliphatic heterocycles. The van der Waals surface area contributed by atoms with E-state index in [4.69, 9.17) is 26.8 Å². The first kappa shape index (κ1) is 13.5. The Kier molecular flexibility index (Phi) is 4.69. The van der Waals surface area contributed by atoms with Crippen LogP contribution in [0.15, 0.2) is 18.2 Å². The van der Waals surface area contributed by atoms with E-state index in [1.807, 2.05) is 0 Å². The normalized spacial score (nSPS) is 20.9. The second-order valence-corrected chi connectivity index (χ2v) is 4.76. The third-order valence-electron chi connectivity index (χ3n) is 3.08. The Morgan fingerprint density at radius 2 is 2.39 bits per heavy atom. The topological polar surface area (TPSA) is 47.7 Å². The molecule has 0 spiro atoms. The Balaban J connectivity index is 1.91. The van der Waals surface area contributed by atoms with Gasteiger partial charge in [0.05, 0.1) is 17.3 Å². The van der Waals surface area contributed by atoms with Gasteiger partial charge in [0.15, 0.2) is 5.75 Å². The SMILES string of the molecule is CCN1CCOC(COc2c(N)cccc2Cl)C1. The van der Waals surface area contributed by atoms with E-state index < -0.39 is 0 Å². The molecule has 100 valence electrons. The highest BCUT2D eigenvalue weighted by atomic mass is 35.5. The Bertz CT molecular complexity index is 380. The number of hydrogen-bond donors (Lipinski definition) is 1. The first-order valence-electron chi connectivity index (χ1n) is 6.21. The summed E-state index contributed by atoms with van der Waals surface area (Å²) in [5, 5.41) is 0.540. The number of morpholine rings is 1. The lowest BCUT2D eigenvalue weighted by Gasteiger charge is -2.32. The fourth-order valence-electron chi connectivity index (χ4n) is 2.02. The highest BCUT2D eigenvalue weighted by Crippen LogP contribution is 2.30. The number of benzene rings is 1. The smallest absolute Gasteiger partial charge is 0.160 e. The molecule has 1 aliphatic rings. The lowest BCUT2D eigenvalue weighted by Crippen LogP contribution is -2.44. The van der Waals surface area contributed by atoms with Gasteiger partial charge in [-0.15, -0.1) is 0 Å². The van der Waals surface area contributed by atoms with Gasteiger partial charge in [-0.25, -0.2) is 0 Å². The highest BCUT2D eigenvalue weighted by molar-refractivity contribution is 6.32. The number of likely N-dealkylation sites (N-methyl/N-ethyl adjacent to an activating group) is 1. The summed E-state index contributed by atoms with van der Waals surface area (Å²) in [6.07, 6.45) is 0.0781. The Hall–Kier alpha value is -0.970. The number of hydrogen-bond acceptors (Lipinski definition) is 4. The molecule has 1 unspecified atom stereocenters. The molecule has 0 amide bonds. The zero-order chi connectivity index (χ0) is 13.0. The van der Waals surface area contributed by atoms with Crippen LogP contribution in [-0.2, 0) is 4.74 Å². The minimum absolute atomic E-state index is 0.0781. The number of nitrogen functional groups attached to an aromatic ring is 1. The quantitative estimate of drug-likeness (QED) is 0.851. The van der Waals surface area contributed by atoms with E-state index in [1.54, 1.807) is 18.2 Å². The second kappa shape index (κ2) is 6.27. The first-order chi connectivity index (χ1) is 8.70. The monoisotopic (exact) mass is 270 g/mol. The second-order valence-electron chi connectivity index (χ2n) is 4.36. The largest absolute Gasteiger partial charge is 0.487 e. The summed E-state index contributed by atoms with van der Waals surface area (Å²) in [6.45, 7) is 6.29. The van der Waals surface area contributed by atoms with Gasteiger partial charge in [0.2, 0.25) is 0 Å². The molecule has 18 heavy (non-hydrogen) atoms. The number of nitrogens with two attached hydrogens (primary N) is 1. The van der Waals surface area contributed by atoms with Gasteiger partial charge in [0, 0.05) is 13.1 Å². The van der Waals surface area contributed by atoms with Crippen molar-refractivity contribution in [3.05, 3.63) is 23.2 Å². The van der Waals surface area contributed by atoms with Crippen LogP contribution in [0.5, 0.6) is 5.75 Å². The van der Waals surface area contributed by atoms with Crippen LogP contribution in [-0.4, -0.2) is 43.9 Å². The fraction of sp³-hybridized carbons (Fsp3) is 0.538. The molecule has 5 heteroatoms. The molecule has 1 saturated heterocycles. The van der Waals surface area contributed by atoms with E-state index in [9.17, 15) is 0 Å². The van der Waals surface area contributed by atoms with Gasteiger partial charge in [-0.2, -0.15) is 0 Å². The number of rotatable bonds is 4. The maximum atomic E-state index is 6.05. The summed E-state index contributed by atoms with van der Waals surface area (Å²) < 4.78 is 11.4. The van der Waals surface area contributed by atoms with E-state index in [1.165, 1.54) is 0 Å². The van der Waals surface area contributed by atoms with Crippen molar-refractivity contribution in [2.45, 2.75) is 13.0 Å². The molecule has 0 aliphatic carbocycles. The molecular formula is C13H19ClN2O2. The number of para-hydroxylation sites is 1. The van der Waals surface area contributed by atoms with Gasteiger partial charge in [-0.3, -0.25) is 4.90 Å². The van der Waals surface area contributed by atoms with Gasteiger partial charge in [-0.1, -0.05) is 24.6 Å². The summed E-state index contributed by atoms with van der Waals surface area (Å²) in [7, 11) is 0. The Morgan fingerprint density at radius 1 is 1.56 bits per heavy atom. The average molecular weight is 271 g/mol. The number of nitrogens with zero attached hydrogens (tertiary/aromatic N) is 1. The Morgan fingerprint density at radius 3 is 3.11 bits per heavy atom. The standard InChI is InChI=1S/C13H19ClN2O2/c1-2-16-6-7-17-10(8-16)9-18-13-11(14)4-3-5-12(13)15/h3-5,10H,2,6-9,15H2,1H3. The average Bonchev–Trinajstić information content (AvgIpc) is 2.38. The van der Waals surface area contributed by atoms with Gasteiger partial charge >= 0.3 is 0 Å². The summed E-state index contributed by atoms with van der Waals surface area (Å²) >= 11 is 6.05. The lowest BCUT2D eigenvalue weighted by molar-refractivity contribution is -0.0462. The minimum Gasteiger partial charge on any atom is -0.487 e. The molecule has 1 aromatic rings. The molecule has 4 nitrogen and oxygen atoms in total. The molecule has 0 radical (unpaired) electrons. The number of ether oxygens (including phenoxy) is 2. The number of anilines is 1. The van der Waals surface area contributed by atoms with Crippen molar-refractivity contribution >= 4 is 17.3 Å². The third kappa shape index (κ3) is 3.28. The van der Waals surface area contributed by atoms with Crippen molar-refractivity contribution in [3.63, 3.8) is 0 Å². The van der Waals surface area contributed by atoms with E-state index in [0.29, 0.717) is 23.1 Å². The van der Waals surface area contributed by atoms with Crippen LogP contribution < -0.4 is 10.5 Å². The van der Waals surface area contributed by atoms with Crippen LogP contribution in [0.4, 0.5) is 5.69 Å². The van der Waals surface area contributed by atoms with Crippen LogP contribution in [0.2, 0.25) is 5.02 Å². The predicted molar refractivity (Wildman–Crippen MR) is 73.2 cm³/mol. The predicted octanol–water partition coefficient (Wildman–Crippen LogP) is 2.02. The lowest BCUT2D eigenvalue weighted by atomic mass is 10.2. The number of halogens is 1. The molecule has 1 aromatic carbocycles. The van der Waals surface area contributed by atoms with E-state index in [0.717, 1.165) is 26.2 Å². The summed E-state index contributed by atoms with van der Waals surface area (Å²) in [6, 6.07) is 5.36. The Labute approximate surface area is 113 Å². The van der Waals surface area contributed by atoms with E-state index >= 15 is 0 Å². The summed E-state index contributed by atoms with van der Waals surface area (Å²) in [5.41, 5.74) is 6.39. The minimum atomic E-state index is 0.0781. The van der Waals surface area contributed by atoms with Crippen molar-refractivity contribution < 1.29 is 9.47 Å². The molecule has 1 atom stereocenters. The first-order valence-corrected chi connectivity index (χ1v) is 6.59. The fourth-order valence-corrected chi connectivity index (χ4v) is 2.26. The highest BCUT2D eigenvalue weighted by Gasteiger charge is 2.20. The zero-order valence-electron chi connectivity index (χ0n) is 10.6. The summed E-state index contributed by atoms with van der Waals surface area (Å²) in [5.74, 6) is 0.552. The molecule has 2 N–H and O–H groups in total. The van der Waals surface area contributed by atoms with Crippen molar-refractivity contribution in [2.24, 2.45) is 0 Å². The van der Waals surface area contributed by atoms with Crippen molar-refractivity contribution in [3.8, 4) is 5.75 Å². The van der Waals surface area contributed by atoms with E-state index in [2.05, 4.69) is 11.8 Å². The molecular weight excluding hydrogens is 252 g/mol. The maximum absolute atomic E-state index is 6.05. The van der Waals surface area contributed by atoms with Crippen molar-refractivity contribution in [1.82, 2.24) is 4.90 Å². The molecule has 1 heterocycles. The molecule has 1 fully saturated rings. The van der Waals surface area contributed by atoms with Gasteiger partial charge in [-0.05, 0) is 18.7 Å². The van der Waals surface area contributed by atoms with Crippen molar-refractivity contribution in [2.75, 3.05) is 38.6 Å². The zero-order valence-corrected chi connectivity index (χ0v) is 11.3. The van der Waals surface area contributed by atoms with Crippen LogP contribution in [0, 0.1) is 0 Å². The van der Waals surface area contributed by atoms with Gasteiger partial charge < -0.3 is 15.2 Å². The van der Waals surface area contributed by atoms with Gasteiger partial charge in [0.1, 0.15) is 12.7 Å². The molecule has 0 saturated carbocycles. The molecule has 0 aromatic heterocycles. The van der Waals surface area contributed by atoms with Crippen molar-refractivity contribution in [1.29, 1.82) is 0 Å². The van der Waals surface area contributed by atoms with Crippen LogP contribution in [0.3, 0.4) is 0 Å². The van der Waals surface area contributed by atoms with Crippen LogP contribution >= 0.6 is 11.6 Å². The summed E-state index contributed by atoms with van der Waals surface area (Å²) in [4.78, 5) is 2.34. The van der Waals surface area contributed by atoms with Crippen LogP contribution in [0.1, 0.15) is 6.92 Å². The third-order valence-corrected chi connectivity index (χ3v) is 3.38.